The molecule has 0 aromatic carbocycles. The molecular weight excluding hydrogens is 304 g/mol. The molecule has 0 spiro atoms. The molecule has 3 heterocycles. The highest BCUT2D eigenvalue weighted by Gasteiger charge is 2.26. The standard InChI is InChI=1S/C14H18N4O3S/c1-21-13-7-6-11(9-15-13)10-22(19,20)14-17-16-12-5-3-2-4-8-18(12)14/h6-7,9H,2-5,8,10H2,1H3. The number of aromatic nitrogens is 4. The molecule has 22 heavy (non-hydrogen) atoms. The Labute approximate surface area is 129 Å². The van der Waals surface area contributed by atoms with Crippen LogP contribution in [0.1, 0.15) is 30.7 Å². The third-order valence-corrected chi connectivity index (χ3v) is 5.29. The summed E-state index contributed by atoms with van der Waals surface area (Å²) in [6.07, 6.45) is 5.37. The molecule has 3 rings (SSSR count). The number of hydrogen-bond donors (Lipinski definition) is 0. The molecule has 1 aliphatic heterocycles. The van der Waals surface area contributed by atoms with Gasteiger partial charge in [-0.2, -0.15) is 0 Å². The number of nitrogens with zero attached hydrogens (tertiary/aromatic N) is 4. The molecule has 0 aliphatic carbocycles. The lowest BCUT2D eigenvalue weighted by atomic mass is 10.2. The lowest BCUT2D eigenvalue weighted by Crippen LogP contribution is -2.14. The number of hydrogen-bond acceptors (Lipinski definition) is 6. The van der Waals surface area contributed by atoms with Crippen molar-refractivity contribution in [2.24, 2.45) is 0 Å². The summed E-state index contributed by atoms with van der Waals surface area (Å²) in [7, 11) is -2.02. The lowest BCUT2D eigenvalue weighted by molar-refractivity contribution is 0.397. The van der Waals surface area contributed by atoms with Crippen molar-refractivity contribution in [2.75, 3.05) is 7.11 Å². The second kappa shape index (κ2) is 6.04. The van der Waals surface area contributed by atoms with Gasteiger partial charge in [0, 0.05) is 25.2 Å². The number of methoxy groups -OCH3 is 1. The van der Waals surface area contributed by atoms with Crippen LogP contribution in [0.25, 0.3) is 0 Å². The number of rotatable bonds is 4. The summed E-state index contributed by atoms with van der Waals surface area (Å²) in [4.78, 5) is 4.04. The predicted molar refractivity (Wildman–Crippen MR) is 79.3 cm³/mol. The number of fused-ring (bicyclic) bond motifs is 1. The lowest BCUT2D eigenvalue weighted by Gasteiger charge is -2.08. The van der Waals surface area contributed by atoms with Gasteiger partial charge in [0.2, 0.25) is 20.9 Å². The Bertz CT molecular complexity index is 753. The van der Waals surface area contributed by atoms with E-state index in [0.717, 1.165) is 31.5 Å². The molecule has 1 aliphatic rings. The van der Waals surface area contributed by atoms with E-state index < -0.39 is 9.84 Å². The van der Waals surface area contributed by atoms with Crippen molar-refractivity contribution in [3.8, 4) is 5.88 Å². The minimum absolute atomic E-state index is 0.0696. The summed E-state index contributed by atoms with van der Waals surface area (Å²) in [6, 6.07) is 3.35. The molecule has 2 aromatic heterocycles. The van der Waals surface area contributed by atoms with Crippen molar-refractivity contribution in [3.05, 3.63) is 29.7 Å². The first-order valence-electron chi connectivity index (χ1n) is 7.24. The van der Waals surface area contributed by atoms with Crippen molar-refractivity contribution in [1.29, 1.82) is 0 Å². The zero-order valence-corrected chi connectivity index (χ0v) is 13.2. The molecule has 8 heteroatoms. The predicted octanol–water partition coefficient (Wildman–Crippen LogP) is 1.38. The quantitative estimate of drug-likeness (QED) is 0.845. The van der Waals surface area contributed by atoms with Gasteiger partial charge < -0.3 is 9.30 Å². The van der Waals surface area contributed by atoms with E-state index in [-0.39, 0.29) is 10.9 Å². The van der Waals surface area contributed by atoms with Crippen LogP contribution in [-0.4, -0.2) is 35.3 Å². The zero-order valence-electron chi connectivity index (χ0n) is 12.4. The Morgan fingerprint density at radius 2 is 2.09 bits per heavy atom. The van der Waals surface area contributed by atoms with Gasteiger partial charge in [0.15, 0.2) is 0 Å². The number of aryl methyl sites for hydroxylation is 1. The van der Waals surface area contributed by atoms with E-state index in [0.29, 0.717) is 18.0 Å². The topological polar surface area (TPSA) is 87.0 Å². The van der Waals surface area contributed by atoms with Crippen molar-refractivity contribution in [3.63, 3.8) is 0 Å². The maximum Gasteiger partial charge on any atom is 0.250 e. The Kier molecular flexibility index (Phi) is 4.10. The summed E-state index contributed by atoms with van der Waals surface area (Å²) in [5.74, 6) is 1.09. The monoisotopic (exact) mass is 322 g/mol. The van der Waals surface area contributed by atoms with Gasteiger partial charge in [-0.15, -0.1) is 10.2 Å². The van der Waals surface area contributed by atoms with Gasteiger partial charge in [-0.05, 0) is 18.4 Å². The van der Waals surface area contributed by atoms with Gasteiger partial charge in [0.25, 0.3) is 0 Å². The summed E-state index contributed by atoms with van der Waals surface area (Å²) >= 11 is 0. The van der Waals surface area contributed by atoms with E-state index in [9.17, 15) is 8.42 Å². The summed E-state index contributed by atoms with van der Waals surface area (Å²) in [5, 5.41) is 8.04. The molecule has 118 valence electrons. The summed E-state index contributed by atoms with van der Waals surface area (Å²) in [6.45, 7) is 0.664. The van der Waals surface area contributed by atoms with Gasteiger partial charge in [-0.1, -0.05) is 12.5 Å². The fourth-order valence-electron chi connectivity index (χ4n) is 2.59. The smallest absolute Gasteiger partial charge is 0.250 e. The molecule has 0 unspecified atom stereocenters. The maximum absolute atomic E-state index is 12.6. The average Bonchev–Trinajstić information content (AvgIpc) is 2.78. The molecule has 0 saturated heterocycles. The Hall–Kier alpha value is -1.96. The van der Waals surface area contributed by atoms with Gasteiger partial charge in [-0.25, -0.2) is 13.4 Å². The fourth-order valence-corrected chi connectivity index (χ4v) is 4.03. The van der Waals surface area contributed by atoms with E-state index >= 15 is 0 Å². The highest BCUT2D eigenvalue weighted by Crippen LogP contribution is 2.20. The van der Waals surface area contributed by atoms with Gasteiger partial charge in [-0.3, -0.25) is 0 Å². The Balaban J connectivity index is 1.88. The van der Waals surface area contributed by atoms with E-state index in [1.165, 1.54) is 13.3 Å². The van der Waals surface area contributed by atoms with Crippen LogP contribution in [0.5, 0.6) is 5.88 Å². The van der Waals surface area contributed by atoms with Crippen LogP contribution in [0.2, 0.25) is 0 Å². The van der Waals surface area contributed by atoms with E-state index in [1.54, 1.807) is 16.7 Å². The van der Waals surface area contributed by atoms with Crippen LogP contribution in [0.4, 0.5) is 0 Å². The van der Waals surface area contributed by atoms with E-state index in [1.807, 2.05) is 0 Å². The number of ether oxygens (including phenoxy) is 1. The first-order valence-corrected chi connectivity index (χ1v) is 8.89. The molecule has 7 nitrogen and oxygen atoms in total. The third-order valence-electron chi connectivity index (χ3n) is 3.72. The molecule has 0 radical (unpaired) electrons. The number of sulfone groups is 1. The van der Waals surface area contributed by atoms with Crippen molar-refractivity contribution in [2.45, 2.75) is 43.1 Å². The van der Waals surface area contributed by atoms with Crippen LogP contribution in [0, 0.1) is 0 Å². The van der Waals surface area contributed by atoms with Gasteiger partial charge >= 0.3 is 0 Å². The minimum Gasteiger partial charge on any atom is -0.481 e. The van der Waals surface area contributed by atoms with E-state index in [4.69, 9.17) is 4.74 Å². The first kappa shape index (κ1) is 15.0. The first-order chi connectivity index (χ1) is 10.6. The fraction of sp³-hybridized carbons (Fsp3) is 0.500. The van der Waals surface area contributed by atoms with Crippen LogP contribution in [0.3, 0.4) is 0 Å². The highest BCUT2D eigenvalue weighted by atomic mass is 32.2. The average molecular weight is 322 g/mol. The van der Waals surface area contributed by atoms with E-state index in [2.05, 4.69) is 15.2 Å². The maximum atomic E-state index is 12.6. The Morgan fingerprint density at radius 1 is 1.23 bits per heavy atom. The van der Waals surface area contributed by atoms with Crippen LogP contribution in [-0.2, 0) is 28.6 Å². The second-order valence-electron chi connectivity index (χ2n) is 5.33. The van der Waals surface area contributed by atoms with Crippen molar-refractivity contribution < 1.29 is 13.2 Å². The normalized spacial score (nSPS) is 15.1. The van der Waals surface area contributed by atoms with Crippen LogP contribution < -0.4 is 4.74 Å². The van der Waals surface area contributed by atoms with Crippen molar-refractivity contribution >= 4 is 9.84 Å². The molecule has 0 bridgehead atoms. The minimum atomic E-state index is -3.54. The second-order valence-corrected chi connectivity index (χ2v) is 7.21. The number of pyridine rings is 1. The summed E-state index contributed by atoms with van der Waals surface area (Å²) in [5.41, 5.74) is 0.603. The third kappa shape index (κ3) is 2.96. The highest BCUT2D eigenvalue weighted by molar-refractivity contribution is 7.90. The van der Waals surface area contributed by atoms with Crippen LogP contribution in [0.15, 0.2) is 23.5 Å². The molecule has 0 amide bonds. The molecule has 0 N–H and O–H groups in total. The molecule has 0 fully saturated rings. The largest absolute Gasteiger partial charge is 0.481 e. The molecule has 2 aromatic rings. The SMILES string of the molecule is COc1ccc(CS(=O)(=O)c2nnc3n2CCCCC3)cn1. The molecule has 0 atom stereocenters. The molecular formula is C14H18N4O3S. The van der Waals surface area contributed by atoms with Crippen LogP contribution >= 0.6 is 0 Å². The summed E-state index contributed by atoms with van der Waals surface area (Å²) < 4.78 is 32.0. The van der Waals surface area contributed by atoms with Gasteiger partial charge in [0.1, 0.15) is 5.82 Å². The van der Waals surface area contributed by atoms with Gasteiger partial charge in [0.05, 0.1) is 12.9 Å². The zero-order chi connectivity index (χ0) is 15.6. The molecule has 0 saturated carbocycles. The Morgan fingerprint density at radius 3 is 2.82 bits per heavy atom. The van der Waals surface area contributed by atoms with Crippen molar-refractivity contribution in [1.82, 2.24) is 19.7 Å².